The average molecular weight is 143 g/mol. The van der Waals surface area contributed by atoms with E-state index >= 15 is 0 Å². The quantitative estimate of drug-likeness (QED) is 0.475. The Kier molecular flexibility index (Phi) is 19.7. The molecule has 0 rings (SSSR count). The van der Waals surface area contributed by atoms with Crippen LogP contribution in [0.15, 0.2) is 12.7 Å². The standard InChI is InChI=1S/C6H14.C3H7N/c1-3-5-6-4-2;1-2-3-4/h3-6H2,1-2H3;2H,1,3-4H2. The summed E-state index contributed by atoms with van der Waals surface area (Å²) >= 11 is 0. The lowest BCUT2D eigenvalue weighted by Crippen LogP contribution is -1.90. The molecular weight excluding hydrogens is 122 g/mol. The van der Waals surface area contributed by atoms with Gasteiger partial charge in [0.15, 0.2) is 0 Å². The van der Waals surface area contributed by atoms with Crippen LogP contribution in [0.25, 0.3) is 0 Å². The van der Waals surface area contributed by atoms with Crippen LogP contribution in [0, 0.1) is 0 Å². The van der Waals surface area contributed by atoms with Gasteiger partial charge in [-0.25, -0.2) is 0 Å². The van der Waals surface area contributed by atoms with Crippen molar-refractivity contribution in [1.82, 2.24) is 0 Å². The zero-order valence-electron chi connectivity index (χ0n) is 7.40. The highest BCUT2D eigenvalue weighted by Gasteiger charge is 1.75. The Balaban J connectivity index is 0. The maximum atomic E-state index is 4.91. The largest absolute Gasteiger partial charge is 0.327 e. The van der Waals surface area contributed by atoms with Gasteiger partial charge in [0.2, 0.25) is 0 Å². The normalized spacial score (nSPS) is 7.90. The van der Waals surface area contributed by atoms with Gasteiger partial charge in [-0.2, -0.15) is 0 Å². The molecule has 0 amide bonds. The number of unbranched alkanes of at least 4 members (excludes halogenated alkanes) is 3. The Morgan fingerprint density at radius 1 is 1.20 bits per heavy atom. The maximum absolute atomic E-state index is 4.91. The second-order valence-corrected chi connectivity index (χ2v) is 2.23. The molecule has 0 fully saturated rings. The Morgan fingerprint density at radius 2 is 1.50 bits per heavy atom. The highest BCUT2D eigenvalue weighted by molar-refractivity contribution is 4.64. The topological polar surface area (TPSA) is 26.0 Å². The molecule has 1 heteroatoms. The van der Waals surface area contributed by atoms with Crippen LogP contribution in [0.4, 0.5) is 0 Å². The summed E-state index contributed by atoms with van der Waals surface area (Å²) in [5, 5.41) is 0. The van der Waals surface area contributed by atoms with E-state index in [-0.39, 0.29) is 0 Å². The minimum atomic E-state index is 0.583. The van der Waals surface area contributed by atoms with Crippen molar-refractivity contribution in [1.29, 1.82) is 0 Å². The molecule has 0 saturated carbocycles. The molecule has 0 aromatic heterocycles. The van der Waals surface area contributed by atoms with Gasteiger partial charge in [-0.05, 0) is 0 Å². The van der Waals surface area contributed by atoms with E-state index in [0.29, 0.717) is 6.54 Å². The molecule has 0 aromatic carbocycles. The highest BCUT2D eigenvalue weighted by atomic mass is 14.5. The first-order chi connectivity index (χ1) is 4.83. The van der Waals surface area contributed by atoms with E-state index in [1.807, 2.05) is 0 Å². The molecule has 0 radical (unpaired) electrons. The average Bonchev–Trinajstić information content (AvgIpc) is 2.01. The van der Waals surface area contributed by atoms with E-state index in [4.69, 9.17) is 5.73 Å². The van der Waals surface area contributed by atoms with Crippen molar-refractivity contribution in [2.24, 2.45) is 5.73 Å². The molecule has 62 valence electrons. The zero-order chi connectivity index (χ0) is 8.24. The zero-order valence-corrected chi connectivity index (χ0v) is 7.40. The number of hydrogen-bond donors (Lipinski definition) is 1. The van der Waals surface area contributed by atoms with Crippen LogP contribution >= 0.6 is 0 Å². The van der Waals surface area contributed by atoms with Crippen molar-refractivity contribution in [3.05, 3.63) is 12.7 Å². The van der Waals surface area contributed by atoms with Gasteiger partial charge in [-0.1, -0.05) is 45.6 Å². The van der Waals surface area contributed by atoms with Gasteiger partial charge in [0, 0.05) is 6.54 Å². The summed E-state index contributed by atoms with van der Waals surface area (Å²) in [6.45, 7) is 8.40. The number of rotatable bonds is 4. The summed E-state index contributed by atoms with van der Waals surface area (Å²) in [5.41, 5.74) is 4.91. The van der Waals surface area contributed by atoms with Gasteiger partial charge in [-0.15, -0.1) is 6.58 Å². The maximum Gasteiger partial charge on any atom is 0.0104 e. The molecule has 0 bridgehead atoms. The van der Waals surface area contributed by atoms with Crippen molar-refractivity contribution < 1.29 is 0 Å². The van der Waals surface area contributed by atoms with Crippen molar-refractivity contribution >= 4 is 0 Å². The van der Waals surface area contributed by atoms with E-state index in [2.05, 4.69) is 20.4 Å². The van der Waals surface area contributed by atoms with E-state index in [9.17, 15) is 0 Å². The Hall–Kier alpha value is -0.300. The summed E-state index contributed by atoms with van der Waals surface area (Å²) in [5.74, 6) is 0. The van der Waals surface area contributed by atoms with Crippen LogP contribution < -0.4 is 5.73 Å². The summed E-state index contributed by atoms with van der Waals surface area (Å²) in [6, 6.07) is 0. The summed E-state index contributed by atoms with van der Waals surface area (Å²) < 4.78 is 0. The van der Waals surface area contributed by atoms with Crippen molar-refractivity contribution in [2.45, 2.75) is 39.5 Å². The smallest absolute Gasteiger partial charge is 0.0104 e. The lowest BCUT2D eigenvalue weighted by Gasteiger charge is -1.86. The SMILES string of the molecule is C=CCN.CCCCCC. The first-order valence-electron chi connectivity index (χ1n) is 4.14. The molecule has 0 aliphatic rings. The lowest BCUT2D eigenvalue weighted by molar-refractivity contribution is 0.702. The Labute approximate surface area is 65.3 Å². The van der Waals surface area contributed by atoms with E-state index in [0.717, 1.165) is 0 Å². The lowest BCUT2D eigenvalue weighted by atomic mass is 10.2. The first kappa shape index (κ1) is 12.4. The fourth-order valence-corrected chi connectivity index (χ4v) is 0.500. The van der Waals surface area contributed by atoms with Gasteiger partial charge < -0.3 is 5.73 Å². The van der Waals surface area contributed by atoms with Gasteiger partial charge in [-0.3, -0.25) is 0 Å². The van der Waals surface area contributed by atoms with Crippen molar-refractivity contribution in [2.75, 3.05) is 6.54 Å². The molecule has 0 unspecified atom stereocenters. The second kappa shape index (κ2) is 15.9. The molecular formula is C9H21N. The van der Waals surface area contributed by atoms with Crippen LogP contribution in [0.1, 0.15) is 39.5 Å². The minimum absolute atomic E-state index is 0.583. The molecule has 0 heterocycles. The second-order valence-electron chi connectivity index (χ2n) is 2.23. The third-order valence-electron chi connectivity index (χ3n) is 1.12. The molecule has 2 N–H and O–H groups in total. The predicted octanol–water partition coefficient (Wildman–Crippen LogP) is 2.72. The van der Waals surface area contributed by atoms with E-state index < -0.39 is 0 Å². The first-order valence-corrected chi connectivity index (χ1v) is 4.14. The fourth-order valence-electron chi connectivity index (χ4n) is 0.500. The van der Waals surface area contributed by atoms with Crippen molar-refractivity contribution in [3.8, 4) is 0 Å². The minimum Gasteiger partial charge on any atom is -0.327 e. The molecule has 0 aromatic rings. The molecule has 0 atom stereocenters. The molecule has 1 nitrogen and oxygen atoms in total. The monoisotopic (exact) mass is 143 g/mol. The van der Waals surface area contributed by atoms with Gasteiger partial charge >= 0.3 is 0 Å². The van der Waals surface area contributed by atoms with E-state index in [1.54, 1.807) is 6.08 Å². The van der Waals surface area contributed by atoms with Crippen LogP contribution in [-0.2, 0) is 0 Å². The molecule has 0 saturated heterocycles. The van der Waals surface area contributed by atoms with Crippen LogP contribution in [0.2, 0.25) is 0 Å². The molecule has 0 spiro atoms. The molecule has 0 aliphatic heterocycles. The fraction of sp³-hybridized carbons (Fsp3) is 0.778. The predicted molar refractivity (Wildman–Crippen MR) is 49.1 cm³/mol. The van der Waals surface area contributed by atoms with Crippen LogP contribution in [0.5, 0.6) is 0 Å². The van der Waals surface area contributed by atoms with Gasteiger partial charge in [0.1, 0.15) is 0 Å². The van der Waals surface area contributed by atoms with Crippen LogP contribution in [0.3, 0.4) is 0 Å². The molecule has 0 aliphatic carbocycles. The Morgan fingerprint density at radius 3 is 1.60 bits per heavy atom. The molecule has 10 heavy (non-hydrogen) atoms. The summed E-state index contributed by atoms with van der Waals surface area (Å²) in [4.78, 5) is 0. The number of nitrogens with two attached hydrogens (primary N) is 1. The van der Waals surface area contributed by atoms with Gasteiger partial charge in [0.25, 0.3) is 0 Å². The van der Waals surface area contributed by atoms with Gasteiger partial charge in [0.05, 0.1) is 0 Å². The Bertz CT molecular complexity index is 46.7. The number of hydrogen-bond acceptors (Lipinski definition) is 1. The summed E-state index contributed by atoms with van der Waals surface area (Å²) in [6.07, 6.45) is 7.19. The van der Waals surface area contributed by atoms with Crippen LogP contribution in [-0.4, -0.2) is 6.54 Å². The summed E-state index contributed by atoms with van der Waals surface area (Å²) in [7, 11) is 0. The van der Waals surface area contributed by atoms with Crippen molar-refractivity contribution in [3.63, 3.8) is 0 Å². The van der Waals surface area contributed by atoms with E-state index in [1.165, 1.54) is 25.7 Å². The third kappa shape index (κ3) is 25.2. The highest BCUT2D eigenvalue weighted by Crippen LogP contribution is 1.95. The third-order valence-corrected chi connectivity index (χ3v) is 1.12.